The fourth-order valence-corrected chi connectivity index (χ4v) is 5.06. The molecule has 0 nitrogen and oxygen atoms in total. The molecule has 18 heavy (non-hydrogen) atoms. The molecule has 0 heterocycles. The molecule has 6 atom stereocenters. The summed E-state index contributed by atoms with van der Waals surface area (Å²) in [6.45, 7) is 12.2. The van der Waals surface area contributed by atoms with Crippen LogP contribution in [0.1, 0.15) is 79.6 Å². The predicted molar refractivity (Wildman–Crippen MR) is 80.6 cm³/mol. The van der Waals surface area contributed by atoms with Crippen LogP contribution < -0.4 is 0 Å². The van der Waals surface area contributed by atoms with Crippen LogP contribution in [-0.2, 0) is 0 Å². The van der Waals surface area contributed by atoms with Gasteiger partial charge in [0.25, 0.3) is 0 Å². The predicted octanol–water partition coefficient (Wildman–Crippen LogP) is 5.91. The van der Waals surface area contributed by atoms with Crippen molar-refractivity contribution in [1.82, 2.24) is 0 Å². The Morgan fingerprint density at radius 2 is 1.78 bits per heavy atom. The topological polar surface area (TPSA) is 0 Å². The minimum Gasteiger partial charge on any atom is -0.0651 e. The van der Waals surface area contributed by atoms with Crippen LogP contribution in [0.3, 0.4) is 0 Å². The Morgan fingerprint density at radius 1 is 1.06 bits per heavy atom. The summed E-state index contributed by atoms with van der Waals surface area (Å²) in [6.07, 6.45) is 10.4. The lowest BCUT2D eigenvalue weighted by atomic mass is 9.73. The van der Waals surface area contributed by atoms with Gasteiger partial charge in [0.05, 0.1) is 0 Å². The highest BCUT2D eigenvalue weighted by atomic mass is 14.6. The third-order valence-corrected chi connectivity index (χ3v) is 6.83. The first-order valence-corrected chi connectivity index (χ1v) is 8.57. The van der Waals surface area contributed by atoms with Gasteiger partial charge in [-0.25, -0.2) is 0 Å². The molecule has 2 saturated carbocycles. The van der Waals surface area contributed by atoms with E-state index in [2.05, 4.69) is 34.6 Å². The van der Waals surface area contributed by atoms with Gasteiger partial charge in [0.2, 0.25) is 0 Å². The zero-order valence-electron chi connectivity index (χ0n) is 13.3. The van der Waals surface area contributed by atoms with Crippen molar-refractivity contribution in [3.05, 3.63) is 0 Å². The summed E-state index contributed by atoms with van der Waals surface area (Å²) in [5.41, 5.74) is 0.835. The van der Waals surface area contributed by atoms with E-state index in [4.69, 9.17) is 0 Å². The van der Waals surface area contributed by atoms with E-state index in [-0.39, 0.29) is 0 Å². The fourth-order valence-electron chi connectivity index (χ4n) is 5.06. The van der Waals surface area contributed by atoms with Gasteiger partial charge in [-0.2, -0.15) is 0 Å². The first-order chi connectivity index (χ1) is 8.57. The number of hydrogen-bond donors (Lipinski definition) is 0. The highest BCUT2D eigenvalue weighted by molar-refractivity contribution is 5.07. The monoisotopic (exact) mass is 250 g/mol. The van der Waals surface area contributed by atoms with Gasteiger partial charge in [-0.3, -0.25) is 0 Å². The number of hydrogen-bond acceptors (Lipinski definition) is 0. The van der Waals surface area contributed by atoms with Gasteiger partial charge in [-0.05, 0) is 60.7 Å². The van der Waals surface area contributed by atoms with E-state index >= 15 is 0 Å². The molecule has 0 aromatic carbocycles. The standard InChI is InChI=1S/C18H34/c1-6-13(4)14(5)17(8-3)15-9-10-18(11-15)12-16(18)7-2/h13-17H,6-12H2,1-5H3. The molecule has 2 aliphatic rings. The Kier molecular flexibility index (Phi) is 4.44. The minimum absolute atomic E-state index is 0.835. The van der Waals surface area contributed by atoms with Crippen molar-refractivity contribution < 1.29 is 0 Å². The lowest BCUT2D eigenvalue weighted by Gasteiger charge is -2.32. The molecule has 6 unspecified atom stereocenters. The summed E-state index contributed by atoms with van der Waals surface area (Å²) in [4.78, 5) is 0. The second-order valence-corrected chi connectivity index (χ2v) is 7.49. The largest absolute Gasteiger partial charge is 0.0651 e. The maximum absolute atomic E-state index is 2.53. The van der Waals surface area contributed by atoms with Crippen LogP contribution in [0.25, 0.3) is 0 Å². The summed E-state index contributed by atoms with van der Waals surface area (Å²) in [5, 5.41) is 0. The van der Waals surface area contributed by atoms with Crippen LogP contribution in [-0.4, -0.2) is 0 Å². The first-order valence-electron chi connectivity index (χ1n) is 8.57. The van der Waals surface area contributed by atoms with E-state index in [0.29, 0.717) is 0 Å². The van der Waals surface area contributed by atoms with Gasteiger partial charge in [0.15, 0.2) is 0 Å². The van der Waals surface area contributed by atoms with E-state index in [1.807, 2.05) is 0 Å². The normalized spacial score (nSPS) is 39.8. The van der Waals surface area contributed by atoms with Gasteiger partial charge in [-0.1, -0.05) is 53.9 Å². The maximum atomic E-state index is 2.53. The Hall–Kier alpha value is 0. The summed E-state index contributed by atoms with van der Waals surface area (Å²) in [6, 6.07) is 0. The van der Waals surface area contributed by atoms with Crippen LogP contribution in [0.5, 0.6) is 0 Å². The van der Waals surface area contributed by atoms with Crippen LogP contribution >= 0.6 is 0 Å². The number of rotatable bonds is 6. The summed E-state index contributed by atoms with van der Waals surface area (Å²) < 4.78 is 0. The second-order valence-electron chi connectivity index (χ2n) is 7.49. The van der Waals surface area contributed by atoms with Gasteiger partial charge in [0, 0.05) is 0 Å². The first kappa shape index (κ1) is 14.4. The lowest BCUT2D eigenvalue weighted by molar-refractivity contribution is 0.171. The molecule has 0 heteroatoms. The maximum Gasteiger partial charge on any atom is -0.0263 e. The molecule has 0 aliphatic heterocycles. The Balaban J connectivity index is 1.94. The molecule has 1 spiro atoms. The Bertz CT molecular complexity index is 269. The zero-order valence-corrected chi connectivity index (χ0v) is 13.3. The Labute approximate surface area is 115 Å². The molecule has 106 valence electrons. The molecular formula is C18H34. The van der Waals surface area contributed by atoms with Crippen molar-refractivity contribution in [2.45, 2.75) is 79.6 Å². The SMILES string of the molecule is CCC(C)C(C)C(CC)C1CCC2(C1)CC2CC. The van der Waals surface area contributed by atoms with Crippen molar-refractivity contribution in [2.24, 2.45) is 35.0 Å². The highest BCUT2D eigenvalue weighted by Crippen LogP contribution is 2.66. The van der Waals surface area contributed by atoms with Crippen LogP contribution in [0.15, 0.2) is 0 Å². The van der Waals surface area contributed by atoms with Gasteiger partial charge in [0.1, 0.15) is 0 Å². The fraction of sp³-hybridized carbons (Fsp3) is 1.00. The van der Waals surface area contributed by atoms with E-state index in [9.17, 15) is 0 Å². The molecule has 2 fully saturated rings. The van der Waals surface area contributed by atoms with Crippen LogP contribution in [0.4, 0.5) is 0 Å². The summed E-state index contributed by atoms with van der Waals surface area (Å²) in [5.74, 6) is 4.98. The van der Waals surface area contributed by atoms with E-state index < -0.39 is 0 Å². The average molecular weight is 250 g/mol. The van der Waals surface area contributed by atoms with Crippen molar-refractivity contribution in [3.8, 4) is 0 Å². The van der Waals surface area contributed by atoms with E-state index in [0.717, 1.165) is 35.0 Å². The Morgan fingerprint density at radius 3 is 2.28 bits per heavy atom. The summed E-state index contributed by atoms with van der Waals surface area (Å²) in [7, 11) is 0. The second kappa shape index (κ2) is 5.55. The van der Waals surface area contributed by atoms with Gasteiger partial charge < -0.3 is 0 Å². The molecule has 0 saturated heterocycles. The quantitative estimate of drug-likeness (QED) is 0.549. The molecule has 0 N–H and O–H groups in total. The lowest BCUT2D eigenvalue weighted by Crippen LogP contribution is -2.24. The third kappa shape index (κ3) is 2.49. The minimum atomic E-state index is 0.835. The molecule has 0 aromatic heterocycles. The molecule has 0 aromatic rings. The molecular weight excluding hydrogens is 216 g/mol. The third-order valence-electron chi connectivity index (χ3n) is 6.83. The van der Waals surface area contributed by atoms with Gasteiger partial charge >= 0.3 is 0 Å². The van der Waals surface area contributed by atoms with Crippen LogP contribution in [0, 0.1) is 35.0 Å². The molecule has 0 bridgehead atoms. The van der Waals surface area contributed by atoms with Crippen molar-refractivity contribution in [3.63, 3.8) is 0 Å². The molecule has 0 amide bonds. The average Bonchev–Trinajstić information content (AvgIpc) is 2.91. The van der Waals surface area contributed by atoms with E-state index in [1.54, 1.807) is 19.3 Å². The van der Waals surface area contributed by atoms with Crippen molar-refractivity contribution in [2.75, 3.05) is 0 Å². The van der Waals surface area contributed by atoms with Crippen molar-refractivity contribution in [1.29, 1.82) is 0 Å². The molecule has 2 rings (SSSR count). The summed E-state index contributed by atoms with van der Waals surface area (Å²) >= 11 is 0. The van der Waals surface area contributed by atoms with E-state index in [1.165, 1.54) is 25.7 Å². The smallest absolute Gasteiger partial charge is 0.0263 e. The van der Waals surface area contributed by atoms with Gasteiger partial charge in [-0.15, -0.1) is 0 Å². The van der Waals surface area contributed by atoms with Crippen LogP contribution in [0.2, 0.25) is 0 Å². The molecule has 2 aliphatic carbocycles. The van der Waals surface area contributed by atoms with Crippen molar-refractivity contribution >= 4 is 0 Å². The molecule has 0 radical (unpaired) electrons. The zero-order chi connectivity index (χ0) is 13.3. The highest BCUT2D eigenvalue weighted by Gasteiger charge is 2.57.